The molecule has 0 bridgehead atoms. The Kier molecular flexibility index (Phi) is 4.84. The van der Waals surface area contributed by atoms with Gasteiger partial charge in [-0.25, -0.2) is 0 Å². The zero-order chi connectivity index (χ0) is 15.4. The quantitative estimate of drug-likeness (QED) is 0.901. The molecule has 116 valence electrons. The Morgan fingerprint density at radius 2 is 2.05 bits per heavy atom. The number of likely N-dealkylation sites (N-methyl/N-ethyl adjacent to an activating group) is 1. The molecule has 0 saturated carbocycles. The van der Waals surface area contributed by atoms with Crippen molar-refractivity contribution in [2.24, 2.45) is 0 Å². The number of rotatable bonds is 4. The Balaban J connectivity index is 1.70. The maximum absolute atomic E-state index is 4.58. The Labute approximate surface area is 138 Å². The first-order chi connectivity index (χ1) is 10.7. The molecule has 6 nitrogen and oxygen atoms in total. The molecule has 1 saturated heterocycles. The molecule has 2 heterocycles. The smallest absolute Gasteiger partial charge is 0.247 e. The van der Waals surface area contributed by atoms with Gasteiger partial charge in [0.2, 0.25) is 5.95 Å². The molecule has 1 N–H and O–H groups in total. The summed E-state index contributed by atoms with van der Waals surface area (Å²) in [6.07, 6.45) is 1.65. The predicted molar refractivity (Wildman–Crippen MR) is 91.6 cm³/mol. The Hall–Kier alpha value is -1.73. The molecule has 2 aromatic rings. The lowest BCUT2D eigenvalue weighted by Crippen LogP contribution is -2.46. The van der Waals surface area contributed by atoms with Gasteiger partial charge in [0.05, 0.1) is 6.20 Å². The number of hydrogen-bond donors (Lipinski definition) is 1. The van der Waals surface area contributed by atoms with Gasteiger partial charge in [-0.3, -0.25) is 0 Å². The number of benzene rings is 1. The van der Waals surface area contributed by atoms with Crippen molar-refractivity contribution >= 4 is 33.4 Å². The number of anilines is 3. The van der Waals surface area contributed by atoms with Crippen molar-refractivity contribution in [3.8, 4) is 0 Å². The molecule has 1 aliphatic heterocycles. The van der Waals surface area contributed by atoms with Crippen LogP contribution in [-0.2, 0) is 0 Å². The molecular formula is C15H19BrN6. The van der Waals surface area contributed by atoms with Crippen LogP contribution in [0, 0.1) is 0 Å². The molecule has 0 spiro atoms. The lowest BCUT2D eigenvalue weighted by atomic mass is 10.3. The van der Waals surface area contributed by atoms with Gasteiger partial charge in [0, 0.05) is 36.3 Å². The van der Waals surface area contributed by atoms with Crippen LogP contribution in [0.5, 0.6) is 0 Å². The summed E-state index contributed by atoms with van der Waals surface area (Å²) in [4.78, 5) is 9.19. The third-order valence-corrected chi connectivity index (χ3v) is 4.24. The van der Waals surface area contributed by atoms with Crippen molar-refractivity contribution in [1.29, 1.82) is 0 Å². The average molecular weight is 363 g/mol. The van der Waals surface area contributed by atoms with E-state index < -0.39 is 0 Å². The highest BCUT2D eigenvalue weighted by molar-refractivity contribution is 9.10. The summed E-state index contributed by atoms with van der Waals surface area (Å²) in [5, 5.41) is 11.5. The molecule has 0 amide bonds. The summed E-state index contributed by atoms with van der Waals surface area (Å²) in [6.45, 7) is 7.26. The van der Waals surface area contributed by atoms with Crippen LogP contribution in [0.15, 0.2) is 34.9 Å². The Morgan fingerprint density at radius 3 is 2.77 bits per heavy atom. The summed E-state index contributed by atoms with van der Waals surface area (Å²) >= 11 is 3.46. The number of hydrogen-bond acceptors (Lipinski definition) is 6. The Morgan fingerprint density at radius 1 is 1.23 bits per heavy atom. The second-order valence-corrected chi connectivity index (χ2v) is 6.11. The molecule has 1 fully saturated rings. The summed E-state index contributed by atoms with van der Waals surface area (Å²) in [6, 6.07) is 7.96. The predicted octanol–water partition coefficient (Wildman–Crippen LogP) is 2.52. The third-order valence-electron chi connectivity index (χ3n) is 3.75. The van der Waals surface area contributed by atoms with Crippen LogP contribution in [0.4, 0.5) is 17.5 Å². The van der Waals surface area contributed by atoms with E-state index in [4.69, 9.17) is 0 Å². The fourth-order valence-corrected chi connectivity index (χ4v) is 2.87. The van der Waals surface area contributed by atoms with Gasteiger partial charge in [0.1, 0.15) is 0 Å². The number of nitrogens with one attached hydrogen (secondary N) is 1. The average Bonchev–Trinajstić information content (AvgIpc) is 2.55. The first-order valence-corrected chi connectivity index (χ1v) is 8.23. The van der Waals surface area contributed by atoms with Crippen molar-refractivity contribution in [3.05, 3.63) is 34.9 Å². The van der Waals surface area contributed by atoms with E-state index >= 15 is 0 Å². The largest absolute Gasteiger partial charge is 0.339 e. The topological polar surface area (TPSA) is 57.2 Å². The maximum Gasteiger partial charge on any atom is 0.247 e. The SMILES string of the molecule is CCN1CCN(c2nncc(Nc3cccc(Br)c3)n2)CC1. The molecule has 1 aromatic heterocycles. The van der Waals surface area contributed by atoms with Crippen LogP contribution in [0.1, 0.15) is 6.92 Å². The van der Waals surface area contributed by atoms with Gasteiger partial charge in [-0.05, 0) is 24.7 Å². The van der Waals surface area contributed by atoms with Gasteiger partial charge in [0.25, 0.3) is 0 Å². The summed E-state index contributed by atoms with van der Waals surface area (Å²) < 4.78 is 1.02. The van der Waals surface area contributed by atoms with Crippen molar-refractivity contribution in [2.75, 3.05) is 42.9 Å². The molecule has 0 unspecified atom stereocenters. The highest BCUT2D eigenvalue weighted by Gasteiger charge is 2.18. The maximum atomic E-state index is 4.58. The van der Waals surface area contributed by atoms with Crippen LogP contribution < -0.4 is 10.2 Å². The van der Waals surface area contributed by atoms with Crippen molar-refractivity contribution in [2.45, 2.75) is 6.92 Å². The molecule has 0 atom stereocenters. The highest BCUT2D eigenvalue weighted by atomic mass is 79.9. The third kappa shape index (κ3) is 3.72. The highest BCUT2D eigenvalue weighted by Crippen LogP contribution is 2.20. The fraction of sp³-hybridized carbons (Fsp3) is 0.400. The minimum atomic E-state index is 0.691. The molecule has 0 radical (unpaired) electrons. The van der Waals surface area contributed by atoms with Crippen LogP contribution in [-0.4, -0.2) is 52.8 Å². The zero-order valence-electron chi connectivity index (χ0n) is 12.5. The second-order valence-electron chi connectivity index (χ2n) is 5.20. The number of halogens is 1. The van der Waals surface area contributed by atoms with E-state index in [1.165, 1.54) is 0 Å². The van der Waals surface area contributed by atoms with Crippen LogP contribution in [0.25, 0.3) is 0 Å². The zero-order valence-corrected chi connectivity index (χ0v) is 14.1. The molecular weight excluding hydrogens is 344 g/mol. The lowest BCUT2D eigenvalue weighted by Gasteiger charge is -2.33. The molecule has 1 aromatic carbocycles. The Bertz CT molecular complexity index is 627. The molecule has 0 aliphatic carbocycles. The standard InChI is InChI=1S/C15H19BrN6/c1-2-21-6-8-22(9-7-21)15-19-14(11-17-20-15)18-13-5-3-4-12(16)10-13/h3-5,10-11H,2,6-9H2,1H3,(H,18,19,20). The van der Waals surface area contributed by atoms with Gasteiger partial charge < -0.3 is 15.1 Å². The number of aromatic nitrogens is 3. The minimum absolute atomic E-state index is 0.691. The van der Waals surface area contributed by atoms with Crippen LogP contribution in [0.3, 0.4) is 0 Å². The van der Waals surface area contributed by atoms with E-state index in [1.54, 1.807) is 6.20 Å². The molecule has 22 heavy (non-hydrogen) atoms. The van der Waals surface area contributed by atoms with E-state index in [9.17, 15) is 0 Å². The van der Waals surface area contributed by atoms with Crippen molar-refractivity contribution < 1.29 is 0 Å². The van der Waals surface area contributed by atoms with E-state index in [0.717, 1.165) is 42.9 Å². The summed E-state index contributed by atoms with van der Waals surface area (Å²) in [5.74, 6) is 1.40. The van der Waals surface area contributed by atoms with Crippen molar-refractivity contribution in [3.63, 3.8) is 0 Å². The normalized spacial score (nSPS) is 15.8. The van der Waals surface area contributed by atoms with Gasteiger partial charge in [0.15, 0.2) is 5.82 Å². The van der Waals surface area contributed by atoms with E-state index in [1.807, 2.05) is 24.3 Å². The first-order valence-electron chi connectivity index (χ1n) is 7.44. The van der Waals surface area contributed by atoms with Crippen molar-refractivity contribution in [1.82, 2.24) is 20.1 Å². The lowest BCUT2D eigenvalue weighted by molar-refractivity contribution is 0.269. The van der Waals surface area contributed by atoms with Gasteiger partial charge >= 0.3 is 0 Å². The van der Waals surface area contributed by atoms with Crippen LogP contribution >= 0.6 is 15.9 Å². The summed E-state index contributed by atoms with van der Waals surface area (Å²) in [5.41, 5.74) is 0.969. The van der Waals surface area contributed by atoms with Gasteiger partial charge in [-0.1, -0.05) is 28.9 Å². The molecule has 3 rings (SSSR count). The molecule has 1 aliphatic rings. The van der Waals surface area contributed by atoms with E-state index in [2.05, 4.69) is 53.2 Å². The molecule has 7 heteroatoms. The van der Waals surface area contributed by atoms with E-state index in [0.29, 0.717) is 11.8 Å². The number of nitrogens with zero attached hydrogens (tertiary/aromatic N) is 5. The summed E-state index contributed by atoms with van der Waals surface area (Å²) in [7, 11) is 0. The number of piperazine rings is 1. The van der Waals surface area contributed by atoms with E-state index in [-0.39, 0.29) is 0 Å². The monoisotopic (exact) mass is 362 g/mol. The van der Waals surface area contributed by atoms with Gasteiger partial charge in [-0.2, -0.15) is 10.1 Å². The second kappa shape index (κ2) is 7.02. The minimum Gasteiger partial charge on any atom is -0.339 e. The van der Waals surface area contributed by atoms with Gasteiger partial charge in [-0.15, -0.1) is 5.10 Å². The fourth-order valence-electron chi connectivity index (χ4n) is 2.47. The van der Waals surface area contributed by atoms with Crippen LogP contribution in [0.2, 0.25) is 0 Å². The first kappa shape index (κ1) is 15.2.